The zero-order valence-corrected chi connectivity index (χ0v) is 17.4. The van der Waals surface area contributed by atoms with Crippen LogP contribution in [0.5, 0.6) is 0 Å². The summed E-state index contributed by atoms with van der Waals surface area (Å²) in [5, 5.41) is 2.75. The molecule has 0 aliphatic carbocycles. The highest BCUT2D eigenvalue weighted by Crippen LogP contribution is 2.31. The molecule has 0 spiro atoms. The van der Waals surface area contributed by atoms with Crippen LogP contribution in [0.1, 0.15) is 12.5 Å². The van der Waals surface area contributed by atoms with Crippen molar-refractivity contribution in [1.29, 1.82) is 0 Å². The number of sulfonamides is 1. The highest BCUT2D eigenvalue weighted by molar-refractivity contribution is 8.01. The van der Waals surface area contributed by atoms with Crippen molar-refractivity contribution in [3.05, 3.63) is 53.8 Å². The molecule has 2 aromatic carbocycles. The second kappa shape index (κ2) is 8.89. The van der Waals surface area contributed by atoms with Gasteiger partial charge in [0.2, 0.25) is 15.9 Å². The summed E-state index contributed by atoms with van der Waals surface area (Å²) in [6.45, 7) is 1.83. The molecule has 0 saturated heterocycles. The van der Waals surface area contributed by atoms with E-state index < -0.39 is 10.0 Å². The van der Waals surface area contributed by atoms with E-state index in [0.717, 1.165) is 10.2 Å². The maximum atomic E-state index is 13.1. The van der Waals surface area contributed by atoms with Crippen LogP contribution in [0.3, 0.4) is 0 Å². The average Bonchev–Trinajstić information content (AvgIpc) is 3.06. The fourth-order valence-electron chi connectivity index (χ4n) is 2.31. The largest absolute Gasteiger partial charge is 0.351 e. The van der Waals surface area contributed by atoms with Crippen LogP contribution in [-0.4, -0.2) is 30.8 Å². The highest BCUT2D eigenvalue weighted by atomic mass is 32.2. The van der Waals surface area contributed by atoms with Crippen LogP contribution >= 0.6 is 23.1 Å². The van der Waals surface area contributed by atoms with Crippen molar-refractivity contribution in [1.82, 2.24) is 10.3 Å². The number of hydrogen-bond acceptors (Lipinski definition) is 6. The van der Waals surface area contributed by atoms with E-state index in [1.165, 1.54) is 35.2 Å². The lowest BCUT2D eigenvalue weighted by Crippen LogP contribution is -2.24. The van der Waals surface area contributed by atoms with Gasteiger partial charge in [0, 0.05) is 6.54 Å². The SMILES string of the molecule is CCS(=O)(=O)Nc1ccc2nc(SCC(=O)NCc3cccc(F)c3)sc2c1. The zero-order valence-electron chi connectivity index (χ0n) is 14.9. The van der Waals surface area contributed by atoms with Gasteiger partial charge in [-0.3, -0.25) is 9.52 Å². The summed E-state index contributed by atoms with van der Waals surface area (Å²) in [5.41, 5.74) is 1.93. The number of thioether (sulfide) groups is 1. The van der Waals surface area contributed by atoms with Gasteiger partial charge in [-0.2, -0.15) is 0 Å². The topological polar surface area (TPSA) is 88.2 Å². The summed E-state index contributed by atoms with van der Waals surface area (Å²) < 4.78 is 40.6. The van der Waals surface area contributed by atoms with Crippen molar-refractivity contribution < 1.29 is 17.6 Å². The second-order valence-corrected chi connectivity index (χ2v) is 10.1. The Kier molecular flexibility index (Phi) is 6.53. The number of benzene rings is 2. The molecule has 0 aliphatic rings. The monoisotopic (exact) mass is 439 g/mol. The van der Waals surface area contributed by atoms with Crippen LogP contribution in [0, 0.1) is 5.82 Å². The van der Waals surface area contributed by atoms with Crippen LogP contribution in [-0.2, 0) is 21.4 Å². The Hall–Kier alpha value is -2.17. The Morgan fingerprint density at radius 3 is 2.82 bits per heavy atom. The van der Waals surface area contributed by atoms with Crippen molar-refractivity contribution in [3.8, 4) is 0 Å². The number of carbonyl (C=O) groups is 1. The molecule has 3 aromatic rings. The molecule has 0 bridgehead atoms. The third kappa shape index (κ3) is 5.66. The lowest BCUT2D eigenvalue weighted by atomic mass is 10.2. The standard InChI is InChI=1S/C18H18FN3O3S3/c1-2-28(24,25)22-14-6-7-15-16(9-14)27-18(21-15)26-11-17(23)20-10-12-4-3-5-13(19)8-12/h3-9,22H,2,10-11H2,1H3,(H,20,23). The van der Waals surface area contributed by atoms with E-state index in [0.29, 0.717) is 15.6 Å². The molecule has 0 fully saturated rings. The number of aromatic nitrogens is 1. The van der Waals surface area contributed by atoms with E-state index in [9.17, 15) is 17.6 Å². The van der Waals surface area contributed by atoms with Crippen LogP contribution in [0.15, 0.2) is 46.8 Å². The molecule has 2 N–H and O–H groups in total. The molecular formula is C18H18FN3O3S3. The Morgan fingerprint density at radius 2 is 2.07 bits per heavy atom. The van der Waals surface area contributed by atoms with Gasteiger partial charge in [0.25, 0.3) is 0 Å². The molecule has 148 valence electrons. The van der Waals surface area contributed by atoms with Crippen LogP contribution in [0.2, 0.25) is 0 Å². The molecule has 6 nitrogen and oxygen atoms in total. The summed E-state index contributed by atoms with van der Waals surface area (Å²) in [7, 11) is -3.34. The lowest BCUT2D eigenvalue weighted by Gasteiger charge is -2.04. The number of rotatable bonds is 8. The molecule has 28 heavy (non-hydrogen) atoms. The molecule has 3 rings (SSSR count). The maximum Gasteiger partial charge on any atom is 0.232 e. The second-order valence-electron chi connectivity index (χ2n) is 5.86. The predicted molar refractivity (Wildman–Crippen MR) is 112 cm³/mol. The van der Waals surface area contributed by atoms with Gasteiger partial charge in [0.1, 0.15) is 5.82 Å². The zero-order chi connectivity index (χ0) is 20.1. The van der Waals surface area contributed by atoms with E-state index >= 15 is 0 Å². The first kappa shape index (κ1) is 20.6. The number of nitrogens with zero attached hydrogens (tertiary/aromatic N) is 1. The average molecular weight is 440 g/mol. The summed E-state index contributed by atoms with van der Waals surface area (Å²) in [4.78, 5) is 16.5. The molecule has 1 aromatic heterocycles. The van der Waals surface area contributed by atoms with E-state index in [2.05, 4.69) is 15.0 Å². The smallest absolute Gasteiger partial charge is 0.232 e. The van der Waals surface area contributed by atoms with Gasteiger partial charge >= 0.3 is 0 Å². The quantitative estimate of drug-likeness (QED) is 0.524. The summed E-state index contributed by atoms with van der Waals surface area (Å²) >= 11 is 2.69. The Labute approximate surface area is 170 Å². The third-order valence-corrected chi connectivity index (χ3v) is 7.20. The van der Waals surface area contributed by atoms with Crippen molar-refractivity contribution in [2.75, 3.05) is 16.2 Å². The fraction of sp³-hybridized carbons (Fsp3) is 0.222. The number of hydrogen-bond donors (Lipinski definition) is 2. The molecule has 0 saturated carbocycles. The lowest BCUT2D eigenvalue weighted by molar-refractivity contribution is -0.118. The molecule has 0 radical (unpaired) electrons. The summed E-state index contributed by atoms with van der Waals surface area (Å²) in [5.74, 6) is -0.328. The molecule has 0 aliphatic heterocycles. The van der Waals surface area contributed by atoms with Crippen molar-refractivity contribution in [2.24, 2.45) is 0 Å². The van der Waals surface area contributed by atoms with E-state index in [4.69, 9.17) is 0 Å². The minimum absolute atomic E-state index is 0.000433. The number of fused-ring (bicyclic) bond motifs is 1. The Balaban J connectivity index is 1.57. The normalized spacial score (nSPS) is 11.5. The van der Waals surface area contributed by atoms with Gasteiger partial charge in [-0.05, 0) is 42.8 Å². The van der Waals surface area contributed by atoms with Gasteiger partial charge in [-0.25, -0.2) is 17.8 Å². The Bertz CT molecular complexity index is 1100. The van der Waals surface area contributed by atoms with Gasteiger partial charge in [-0.1, -0.05) is 23.9 Å². The van der Waals surface area contributed by atoms with Gasteiger partial charge in [0.05, 0.1) is 27.4 Å². The minimum Gasteiger partial charge on any atom is -0.351 e. The van der Waals surface area contributed by atoms with Crippen molar-refractivity contribution >= 4 is 54.9 Å². The van der Waals surface area contributed by atoms with Crippen LogP contribution in [0.25, 0.3) is 10.2 Å². The number of anilines is 1. The van der Waals surface area contributed by atoms with Crippen molar-refractivity contribution in [3.63, 3.8) is 0 Å². The minimum atomic E-state index is -3.34. The van der Waals surface area contributed by atoms with E-state index in [1.807, 2.05) is 0 Å². The molecule has 0 unspecified atom stereocenters. The molecular weight excluding hydrogens is 421 g/mol. The van der Waals surface area contributed by atoms with Crippen LogP contribution < -0.4 is 10.0 Å². The summed E-state index contributed by atoms with van der Waals surface area (Å²) in [6.07, 6.45) is 0. The maximum absolute atomic E-state index is 13.1. The number of thiazole rings is 1. The molecule has 1 heterocycles. The summed E-state index contributed by atoms with van der Waals surface area (Å²) in [6, 6.07) is 11.2. The fourth-order valence-corrected chi connectivity index (χ4v) is 4.87. The number of carbonyl (C=O) groups excluding carboxylic acids is 1. The van der Waals surface area contributed by atoms with Crippen LogP contribution in [0.4, 0.5) is 10.1 Å². The molecule has 1 amide bonds. The first-order valence-corrected chi connectivity index (χ1v) is 11.8. The van der Waals surface area contributed by atoms with Gasteiger partial charge < -0.3 is 5.32 Å². The number of nitrogens with one attached hydrogen (secondary N) is 2. The molecule has 0 atom stereocenters. The van der Waals surface area contributed by atoms with E-state index in [1.54, 1.807) is 37.3 Å². The first-order chi connectivity index (χ1) is 13.3. The highest BCUT2D eigenvalue weighted by Gasteiger charge is 2.11. The first-order valence-electron chi connectivity index (χ1n) is 8.39. The van der Waals surface area contributed by atoms with Gasteiger partial charge in [-0.15, -0.1) is 11.3 Å². The Morgan fingerprint density at radius 1 is 1.25 bits per heavy atom. The van der Waals surface area contributed by atoms with Crippen molar-refractivity contribution in [2.45, 2.75) is 17.8 Å². The van der Waals surface area contributed by atoms with E-state index in [-0.39, 0.29) is 29.8 Å². The predicted octanol–water partition coefficient (Wildman–Crippen LogP) is 3.61. The number of amides is 1. The van der Waals surface area contributed by atoms with Gasteiger partial charge in [0.15, 0.2) is 4.34 Å². The number of halogens is 1. The third-order valence-electron chi connectivity index (χ3n) is 3.73. The molecule has 10 heteroatoms.